The van der Waals surface area contributed by atoms with E-state index >= 15 is 0 Å². The van der Waals surface area contributed by atoms with Crippen molar-refractivity contribution in [1.82, 2.24) is 10.6 Å². The van der Waals surface area contributed by atoms with Crippen molar-refractivity contribution in [3.63, 3.8) is 0 Å². The van der Waals surface area contributed by atoms with Gasteiger partial charge in [0.25, 0.3) is 0 Å². The summed E-state index contributed by atoms with van der Waals surface area (Å²) in [5, 5.41) is 13.8. The van der Waals surface area contributed by atoms with Gasteiger partial charge >= 0.3 is 37.0 Å². The van der Waals surface area contributed by atoms with Gasteiger partial charge in [-0.25, -0.2) is 14.4 Å². The molecule has 0 rings (SSSR count). The Morgan fingerprint density at radius 1 is 0.900 bits per heavy atom. The van der Waals surface area contributed by atoms with Gasteiger partial charge in [0.2, 0.25) is 0 Å². The molecule has 0 aromatic carbocycles. The summed E-state index contributed by atoms with van der Waals surface area (Å²) < 4.78 is 14.5. The second-order valence-electron chi connectivity index (χ2n) is 8.06. The van der Waals surface area contributed by atoms with E-state index in [-0.39, 0.29) is 41.3 Å². The molecule has 0 aromatic rings. The number of hydrogen-bond donors (Lipinski definition) is 3. The molecule has 30 heavy (non-hydrogen) atoms. The smallest absolute Gasteiger partial charge is 1.00 e. The summed E-state index contributed by atoms with van der Waals surface area (Å²) in [5.41, 5.74) is -1.06. The SMILES string of the molecule is CC[C@@H](NC(=O)OC(C)(C)C)C(=O)OC.CC[C@H](CO)NC(=O)OC(C)(C)C.[B].[H-].[Li+]. The van der Waals surface area contributed by atoms with Gasteiger partial charge in [-0.1, -0.05) is 13.8 Å². The number of aliphatic hydroxyl groups is 1. The summed E-state index contributed by atoms with van der Waals surface area (Å²) in [6, 6.07) is -0.861. The van der Waals surface area contributed by atoms with Crippen LogP contribution in [-0.2, 0) is 19.0 Å². The first-order valence-corrected chi connectivity index (χ1v) is 9.36. The molecule has 3 N–H and O–H groups in total. The van der Waals surface area contributed by atoms with Crippen LogP contribution < -0.4 is 29.5 Å². The largest absolute Gasteiger partial charge is 1.00 e. The molecule has 0 aliphatic carbocycles. The molecule has 0 aromatic heterocycles. The summed E-state index contributed by atoms with van der Waals surface area (Å²) >= 11 is 0. The molecule has 9 nitrogen and oxygen atoms in total. The molecule has 171 valence electrons. The first-order valence-electron chi connectivity index (χ1n) is 9.36. The molecule has 0 bridgehead atoms. The normalized spacial score (nSPS) is 12.3. The third-order valence-electron chi connectivity index (χ3n) is 3.02. The van der Waals surface area contributed by atoms with Crippen molar-refractivity contribution >= 4 is 26.6 Å². The maximum atomic E-state index is 11.3. The van der Waals surface area contributed by atoms with Crippen LogP contribution in [0.5, 0.6) is 0 Å². The van der Waals surface area contributed by atoms with E-state index in [0.717, 1.165) is 0 Å². The molecule has 3 radical (unpaired) electrons. The summed E-state index contributed by atoms with van der Waals surface area (Å²) in [6.07, 6.45) is 0.0647. The predicted molar refractivity (Wildman–Crippen MR) is 113 cm³/mol. The molecule has 11 heteroatoms. The van der Waals surface area contributed by atoms with Gasteiger partial charge < -0.3 is 31.4 Å². The quantitative estimate of drug-likeness (QED) is 0.297. The summed E-state index contributed by atoms with van der Waals surface area (Å²) in [7, 11) is 1.28. The zero-order valence-corrected chi connectivity index (χ0v) is 20.3. The van der Waals surface area contributed by atoms with Crippen molar-refractivity contribution in [3.05, 3.63) is 0 Å². The van der Waals surface area contributed by atoms with Gasteiger partial charge in [-0.05, 0) is 54.4 Å². The molecule has 0 saturated carbocycles. The maximum absolute atomic E-state index is 11.3. The van der Waals surface area contributed by atoms with Crippen LogP contribution in [0.4, 0.5) is 9.59 Å². The number of esters is 1. The predicted octanol–water partition coefficient (Wildman–Crippen LogP) is -0.520. The zero-order chi connectivity index (χ0) is 22.5. The molecular formula is C19H39BLiN2O7. The number of alkyl carbamates (subject to hydrolysis) is 2. The number of nitrogens with one attached hydrogen (secondary N) is 2. The fourth-order valence-electron chi connectivity index (χ4n) is 1.67. The fraction of sp³-hybridized carbons (Fsp3) is 0.842. The number of amides is 2. The minimum absolute atomic E-state index is 0. The summed E-state index contributed by atoms with van der Waals surface area (Å²) in [4.78, 5) is 33.6. The number of methoxy groups -OCH3 is 1. The number of carbonyl (C=O) groups is 3. The van der Waals surface area contributed by atoms with E-state index in [2.05, 4.69) is 15.4 Å². The molecular weight excluding hydrogens is 386 g/mol. The molecule has 0 aliphatic heterocycles. The van der Waals surface area contributed by atoms with Crippen LogP contribution in [0.2, 0.25) is 0 Å². The van der Waals surface area contributed by atoms with Gasteiger partial charge in [-0.2, -0.15) is 0 Å². The maximum Gasteiger partial charge on any atom is 1.00 e. The van der Waals surface area contributed by atoms with E-state index in [9.17, 15) is 14.4 Å². The number of rotatable bonds is 6. The first-order chi connectivity index (χ1) is 12.7. The molecule has 2 atom stereocenters. The third kappa shape index (κ3) is 21.3. The van der Waals surface area contributed by atoms with E-state index in [1.54, 1.807) is 48.5 Å². The van der Waals surface area contributed by atoms with Crippen molar-refractivity contribution in [2.24, 2.45) is 0 Å². The molecule has 2 amide bonds. The Labute approximate surface area is 196 Å². The molecule has 0 saturated heterocycles. The summed E-state index contributed by atoms with van der Waals surface area (Å²) in [5.74, 6) is -0.469. The topological polar surface area (TPSA) is 123 Å². The van der Waals surface area contributed by atoms with Gasteiger partial charge in [-0.3, -0.25) is 0 Å². The van der Waals surface area contributed by atoms with Crippen molar-refractivity contribution in [3.8, 4) is 0 Å². The number of carbonyl (C=O) groups excluding carboxylic acids is 3. The van der Waals surface area contributed by atoms with Gasteiger partial charge in [0.1, 0.15) is 17.2 Å². The number of aliphatic hydroxyl groups excluding tert-OH is 1. The van der Waals surface area contributed by atoms with Crippen LogP contribution in [0.3, 0.4) is 0 Å². The molecule has 0 spiro atoms. The Bertz CT molecular complexity index is 497. The number of hydrogen-bond acceptors (Lipinski definition) is 7. The van der Waals surface area contributed by atoms with Crippen LogP contribution in [0.1, 0.15) is 69.7 Å². The van der Waals surface area contributed by atoms with Crippen LogP contribution in [0, 0.1) is 0 Å². The standard InChI is InChI=1S/C10H19NO4.C9H19NO3.B.Li.H/c1-6-7(8(12)14-5)11-9(13)15-10(2,3)4;1-5-7(6-11)10-8(12)13-9(2,3)4;;;/h7H,6H2,1-5H3,(H,11,13);7,11H,5-6H2,1-4H3,(H,10,12);;;/q;;;+1;-1/t2*7-;;;/m11.../s1. The third-order valence-corrected chi connectivity index (χ3v) is 3.02. The second-order valence-corrected chi connectivity index (χ2v) is 8.06. The first kappa shape index (κ1) is 36.0. The van der Waals surface area contributed by atoms with E-state index in [0.29, 0.717) is 12.8 Å². The van der Waals surface area contributed by atoms with E-state index in [4.69, 9.17) is 14.6 Å². The van der Waals surface area contributed by atoms with Crippen molar-refractivity contribution < 1.29 is 54.0 Å². The van der Waals surface area contributed by atoms with Crippen molar-refractivity contribution in [2.75, 3.05) is 13.7 Å². The monoisotopic (exact) mass is 425 g/mol. The van der Waals surface area contributed by atoms with Gasteiger partial charge in [0.15, 0.2) is 0 Å². The Kier molecular flexibility index (Phi) is 20.8. The number of ether oxygens (including phenoxy) is 3. The Morgan fingerprint density at radius 2 is 1.30 bits per heavy atom. The Balaban J connectivity index is -0.000000134. The minimum Gasteiger partial charge on any atom is -1.00 e. The molecule has 0 fully saturated rings. The Hall–Kier alpha value is -1.37. The molecule has 0 aliphatic rings. The fourth-order valence-corrected chi connectivity index (χ4v) is 1.67. The zero-order valence-electron chi connectivity index (χ0n) is 21.3. The van der Waals surface area contributed by atoms with Crippen molar-refractivity contribution in [2.45, 2.75) is 91.5 Å². The summed E-state index contributed by atoms with van der Waals surface area (Å²) in [6.45, 7) is 14.3. The van der Waals surface area contributed by atoms with E-state index < -0.39 is 35.4 Å². The van der Waals surface area contributed by atoms with E-state index in [1.807, 2.05) is 6.92 Å². The van der Waals surface area contributed by atoms with Gasteiger partial charge in [0.05, 0.1) is 19.8 Å². The molecule has 0 heterocycles. The van der Waals surface area contributed by atoms with Crippen LogP contribution in [-0.4, -0.2) is 68.7 Å². The average molecular weight is 425 g/mol. The van der Waals surface area contributed by atoms with Crippen LogP contribution >= 0.6 is 0 Å². The van der Waals surface area contributed by atoms with Gasteiger partial charge in [0, 0.05) is 8.41 Å². The second kappa shape index (κ2) is 17.3. The van der Waals surface area contributed by atoms with Crippen LogP contribution in [0.15, 0.2) is 0 Å². The minimum atomic E-state index is -0.648. The van der Waals surface area contributed by atoms with Crippen molar-refractivity contribution in [1.29, 1.82) is 0 Å². The van der Waals surface area contributed by atoms with E-state index in [1.165, 1.54) is 7.11 Å². The average Bonchev–Trinajstić information content (AvgIpc) is 2.54. The van der Waals surface area contributed by atoms with Gasteiger partial charge in [-0.15, -0.1) is 0 Å². The Morgan fingerprint density at radius 3 is 1.57 bits per heavy atom. The molecule has 0 unspecified atom stereocenters. The van der Waals surface area contributed by atoms with Crippen LogP contribution in [0.25, 0.3) is 0 Å².